The third kappa shape index (κ3) is 2.85. The maximum absolute atomic E-state index is 9.15. The smallest absolute Gasteiger partial charge is 0.0485 e. The van der Waals surface area contributed by atoms with Gasteiger partial charge in [-0.1, -0.05) is 29.5 Å². The lowest BCUT2D eigenvalue weighted by atomic mass is 9.81. The molecule has 72 valence electrons. The van der Waals surface area contributed by atoms with Crippen molar-refractivity contribution in [2.45, 2.75) is 19.8 Å². The van der Waals surface area contributed by atoms with Crippen molar-refractivity contribution in [1.29, 1.82) is 0 Å². The summed E-state index contributed by atoms with van der Waals surface area (Å²) in [4.78, 5) is 2.49. The molecular weight excluding hydrogens is 265 g/mol. The van der Waals surface area contributed by atoms with Crippen molar-refractivity contribution in [3.8, 4) is 0 Å². The summed E-state index contributed by atoms with van der Waals surface area (Å²) < 4.78 is 1.22. The predicted octanol–water partition coefficient (Wildman–Crippen LogP) is 1.52. The SMILES string of the molecule is CC1(CO)CCN(CCI)CC1. The average molecular weight is 283 g/mol. The van der Waals surface area contributed by atoms with E-state index >= 15 is 0 Å². The molecule has 1 N–H and O–H groups in total. The van der Waals surface area contributed by atoms with Crippen molar-refractivity contribution in [3.63, 3.8) is 0 Å². The fourth-order valence-electron chi connectivity index (χ4n) is 1.59. The second-order valence-corrected chi connectivity index (χ2v) is 5.08. The van der Waals surface area contributed by atoms with Gasteiger partial charge in [0.1, 0.15) is 0 Å². The summed E-state index contributed by atoms with van der Waals surface area (Å²) in [5.74, 6) is 0. The van der Waals surface area contributed by atoms with Gasteiger partial charge in [0.2, 0.25) is 0 Å². The van der Waals surface area contributed by atoms with Gasteiger partial charge in [-0.25, -0.2) is 0 Å². The second kappa shape index (κ2) is 4.77. The number of alkyl halides is 1. The molecule has 0 aromatic heterocycles. The van der Waals surface area contributed by atoms with Crippen LogP contribution in [0.3, 0.4) is 0 Å². The van der Waals surface area contributed by atoms with E-state index in [1.54, 1.807) is 0 Å². The van der Waals surface area contributed by atoms with Crippen LogP contribution in [0.1, 0.15) is 19.8 Å². The van der Waals surface area contributed by atoms with Crippen molar-refractivity contribution in [3.05, 3.63) is 0 Å². The summed E-state index contributed by atoms with van der Waals surface area (Å²) in [6, 6.07) is 0. The summed E-state index contributed by atoms with van der Waals surface area (Å²) in [6.07, 6.45) is 2.31. The molecule has 2 nitrogen and oxygen atoms in total. The molecule has 3 heteroatoms. The minimum atomic E-state index is 0.210. The molecule has 1 fully saturated rings. The van der Waals surface area contributed by atoms with E-state index in [1.807, 2.05) is 0 Å². The van der Waals surface area contributed by atoms with Gasteiger partial charge >= 0.3 is 0 Å². The number of halogens is 1. The zero-order valence-corrected chi connectivity index (χ0v) is 9.88. The topological polar surface area (TPSA) is 23.5 Å². The summed E-state index contributed by atoms with van der Waals surface area (Å²) in [7, 11) is 0. The van der Waals surface area contributed by atoms with Crippen LogP contribution in [0.2, 0.25) is 0 Å². The molecule has 0 spiro atoms. The highest BCUT2D eigenvalue weighted by atomic mass is 127. The maximum Gasteiger partial charge on any atom is 0.0485 e. The highest BCUT2D eigenvalue weighted by Gasteiger charge is 2.28. The van der Waals surface area contributed by atoms with Gasteiger partial charge in [-0.2, -0.15) is 0 Å². The van der Waals surface area contributed by atoms with E-state index in [0.29, 0.717) is 6.61 Å². The van der Waals surface area contributed by atoms with Gasteiger partial charge in [-0.15, -0.1) is 0 Å². The Kier molecular flexibility index (Phi) is 4.26. The molecule has 0 saturated carbocycles. The van der Waals surface area contributed by atoms with Gasteiger partial charge in [0.05, 0.1) is 0 Å². The van der Waals surface area contributed by atoms with Crippen LogP contribution in [0.5, 0.6) is 0 Å². The van der Waals surface area contributed by atoms with Crippen molar-refractivity contribution in [2.75, 3.05) is 30.7 Å². The minimum Gasteiger partial charge on any atom is -0.396 e. The molecule has 1 saturated heterocycles. The standard InChI is InChI=1S/C9H18INO/c1-9(8-12)2-5-11(6-3-9)7-4-10/h12H,2-8H2,1H3. The number of rotatable bonds is 3. The zero-order chi connectivity index (χ0) is 9.03. The van der Waals surface area contributed by atoms with E-state index in [1.165, 1.54) is 24.1 Å². The van der Waals surface area contributed by atoms with Gasteiger partial charge in [0.15, 0.2) is 0 Å². The summed E-state index contributed by atoms with van der Waals surface area (Å²) in [6.45, 7) is 6.08. The molecule has 1 aliphatic heterocycles. The number of aliphatic hydroxyl groups is 1. The number of hydrogen-bond donors (Lipinski definition) is 1. The van der Waals surface area contributed by atoms with Crippen molar-refractivity contribution >= 4 is 22.6 Å². The van der Waals surface area contributed by atoms with Gasteiger partial charge < -0.3 is 10.0 Å². The highest BCUT2D eigenvalue weighted by Crippen LogP contribution is 2.29. The molecule has 0 aromatic rings. The molecule has 1 rings (SSSR count). The Morgan fingerprint density at radius 2 is 2.00 bits per heavy atom. The number of likely N-dealkylation sites (tertiary alicyclic amines) is 1. The van der Waals surface area contributed by atoms with Crippen LogP contribution in [0.4, 0.5) is 0 Å². The zero-order valence-electron chi connectivity index (χ0n) is 7.72. The Bertz CT molecular complexity index is 132. The van der Waals surface area contributed by atoms with Crippen LogP contribution >= 0.6 is 22.6 Å². The minimum absolute atomic E-state index is 0.210. The number of aliphatic hydroxyl groups excluding tert-OH is 1. The number of piperidine rings is 1. The first-order chi connectivity index (χ1) is 5.70. The summed E-state index contributed by atoms with van der Waals surface area (Å²) in [5, 5.41) is 9.15. The maximum atomic E-state index is 9.15. The van der Waals surface area contributed by atoms with Crippen LogP contribution in [0, 0.1) is 5.41 Å². The first kappa shape index (κ1) is 10.7. The van der Waals surface area contributed by atoms with Crippen molar-refractivity contribution in [2.24, 2.45) is 5.41 Å². The third-order valence-electron chi connectivity index (χ3n) is 2.85. The highest BCUT2D eigenvalue weighted by molar-refractivity contribution is 14.1. The Balaban J connectivity index is 2.29. The molecule has 12 heavy (non-hydrogen) atoms. The number of hydrogen-bond acceptors (Lipinski definition) is 2. The number of nitrogens with zero attached hydrogens (tertiary/aromatic N) is 1. The molecule has 1 aliphatic rings. The Morgan fingerprint density at radius 3 is 2.42 bits per heavy atom. The van der Waals surface area contributed by atoms with Crippen LogP contribution in [-0.2, 0) is 0 Å². The monoisotopic (exact) mass is 283 g/mol. The van der Waals surface area contributed by atoms with E-state index in [9.17, 15) is 0 Å². The van der Waals surface area contributed by atoms with Crippen molar-refractivity contribution in [1.82, 2.24) is 4.90 Å². The Labute approximate surface area is 88.5 Å². The van der Waals surface area contributed by atoms with E-state index in [-0.39, 0.29) is 5.41 Å². The molecule has 0 atom stereocenters. The molecule has 0 unspecified atom stereocenters. The van der Waals surface area contributed by atoms with Gasteiger partial charge in [-0.3, -0.25) is 0 Å². The second-order valence-electron chi connectivity index (χ2n) is 4.00. The van der Waals surface area contributed by atoms with E-state index in [4.69, 9.17) is 5.11 Å². The predicted molar refractivity (Wildman–Crippen MR) is 59.8 cm³/mol. The molecule has 0 aromatic carbocycles. The summed E-state index contributed by atoms with van der Waals surface area (Å²) >= 11 is 2.42. The molecular formula is C9H18INO. The summed E-state index contributed by atoms with van der Waals surface area (Å²) in [5.41, 5.74) is 0.210. The molecule has 1 heterocycles. The fourth-order valence-corrected chi connectivity index (χ4v) is 2.28. The van der Waals surface area contributed by atoms with Gasteiger partial charge in [0.25, 0.3) is 0 Å². The molecule has 0 radical (unpaired) electrons. The van der Waals surface area contributed by atoms with Crippen molar-refractivity contribution < 1.29 is 5.11 Å². The Morgan fingerprint density at radius 1 is 1.42 bits per heavy atom. The molecule has 0 amide bonds. The first-order valence-corrected chi connectivity index (χ1v) is 6.12. The lowest BCUT2D eigenvalue weighted by Gasteiger charge is -2.37. The fraction of sp³-hybridized carbons (Fsp3) is 1.00. The average Bonchev–Trinajstić information content (AvgIpc) is 2.10. The van der Waals surface area contributed by atoms with Crippen LogP contribution in [0.25, 0.3) is 0 Å². The first-order valence-electron chi connectivity index (χ1n) is 4.59. The van der Waals surface area contributed by atoms with E-state index < -0.39 is 0 Å². The van der Waals surface area contributed by atoms with Gasteiger partial charge in [0, 0.05) is 17.6 Å². The lowest BCUT2D eigenvalue weighted by Crippen LogP contribution is -2.41. The van der Waals surface area contributed by atoms with Gasteiger partial charge in [-0.05, 0) is 31.3 Å². The largest absolute Gasteiger partial charge is 0.396 e. The third-order valence-corrected chi connectivity index (χ3v) is 3.33. The van der Waals surface area contributed by atoms with E-state index in [2.05, 4.69) is 34.4 Å². The lowest BCUT2D eigenvalue weighted by molar-refractivity contribution is 0.0616. The normalized spacial score (nSPS) is 24.2. The Hall–Kier alpha value is 0.650. The van der Waals surface area contributed by atoms with Crippen LogP contribution in [-0.4, -0.2) is 40.7 Å². The van der Waals surface area contributed by atoms with Crippen LogP contribution in [0.15, 0.2) is 0 Å². The molecule has 0 aliphatic carbocycles. The van der Waals surface area contributed by atoms with E-state index in [0.717, 1.165) is 12.8 Å². The quantitative estimate of drug-likeness (QED) is 0.627. The van der Waals surface area contributed by atoms with Crippen LogP contribution < -0.4 is 0 Å². The molecule has 0 bridgehead atoms.